The van der Waals surface area contributed by atoms with Crippen LogP contribution in [0.4, 0.5) is 8.78 Å². The summed E-state index contributed by atoms with van der Waals surface area (Å²) in [5.41, 5.74) is 0.287. The third kappa shape index (κ3) is 1.91. The normalized spacial score (nSPS) is 11.1. The molecule has 0 aliphatic carbocycles. The predicted molar refractivity (Wildman–Crippen MR) is 65.8 cm³/mol. The van der Waals surface area contributed by atoms with Gasteiger partial charge in [0.2, 0.25) is 0 Å². The molecule has 0 spiro atoms. The van der Waals surface area contributed by atoms with Gasteiger partial charge < -0.3 is 4.98 Å². The van der Waals surface area contributed by atoms with Crippen LogP contribution in [0.1, 0.15) is 5.69 Å². The number of rotatable bonds is 2. The van der Waals surface area contributed by atoms with Crippen LogP contribution in [-0.4, -0.2) is 14.5 Å². The molecule has 3 aromatic rings. The highest BCUT2D eigenvalue weighted by molar-refractivity contribution is 5.76. The van der Waals surface area contributed by atoms with Crippen LogP contribution in [0, 0.1) is 11.6 Å². The number of pyridine rings is 1. The summed E-state index contributed by atoms with van der Waals surface area (Å²) in [6, 6.07) is 7.53. The van der Waals surface area contributed by atoms with Crippen LogP contribution >= 0.6 is 0 Å². The van der Waals surface area contributed by atoms with Gasteiger partial charge in [-0.3, -0.25) is 9.55 Å². The SMILES string of the molecule is O=c1[nH]c2ccc(F)c(F)c2n1Cc1ccccn1. The number of halogens is 2. The minimum atomic E-state index is -1.04. The molecule has 0 radical (unpaired) electrons. The second-order valence-electron chi connectivity index (χ2n) is 4.09. The zero-order valence-electron chi connectivity index (χ0n) is 9.73. The summed E-state index contributed by atoms with van der Waals surface area (Å²) in [6.45, 7) is 0.0834. The zero-order chi connectivity index (χ0) is 13.4. The first kappa shape index (κ1) is 11.6. The molecule has 1 N–H and O–H groups in total. The standard InChI is InChI=1S/C13H9F2N3O/c14-9-4-5-10-12(11(9)15)18(13(19)17-10)7-8-3-1-2-6-16-8/h1-6H,7H2,(H,17,19). The Balaban J connectivity index is 2.21. The van der Waals surface area contributed by atoms with Crippen molar-refractivity contribution in [2.75, 3.05) is 0 Å². The number of nitrogens with one attached hydrogen (secondary N) is 1. The predicted octanol–water partition coefficient (Wildman–Crippen LogP) is 2.05. The number of H-pyrrole nitrogens is 1. The van der Waals surface area contributed by atoms with E-state index in [1.807, 2.05) is 0 Å². The number of imidazole rings is 1. The van der Waals surface area contributed by atoms with E-state index in [4.69, 9.17) is 0 Å². The van der Waals surface area contributed by atoms with Gasteiger partial charge in [0.25, 0.3) is 0 Å². The van der Waals surface area contributed by atoms with Crippen LogP contribution in [0.3, 0.4) is 0 Å². The number of aromatic amines is 1. The molecular formula is C13H9F2N3O. The van der Waals surface area contributed by atoms with Crippen LogP contribution < -0.4 is 5.69 Å². The first-order valence-corrected chi connectivity index (χ1v) is 5.63. The maximum Gasteiger partial charge on any atom is 0.326 e. The molecule has 0 amide bonds. The van der Waals surface area contributed by atoms with Crippen molar-refractivity contribution >= 4 is 11.0 Å². The quantitative estimate of drug-likeness (QED) is 0.767. The van der Waals surface area contributed by atoms with Gasteiger partial charge in [0.05, 0.1) is 17.8 Å². The first-order valence-electron chi connectivity index (χ1n) is 5.63. The number of aromatic nitrogens is 3. The minimum Gasteiger partial charge on any atom is -0.305 e. The van der Waals surface area contributed by atoms with E-state index in [0.29, 0.717) is 5.69 Å². The number of fused-ring (bicyclic) bond motifs is 1. The van der Waals surface area contributed by atoms with Crippen molar-refractivity contribution in [1.82, 2.24) is 14.5 Å². The Morgan fingerprint density at radius 1 is 1.21 bits per heavy atom. The second-order valence-corrected chi connectivity index (χ2v) is 4.09. The van der Waals surface area contributed by atoms with Gasteiger partial charge in [0.1, 0.15) is 5.52 Å². The van der Waals surface area contributed by atoms with Crippen LogP contribution in [0.2, 0.25) is 0 Å². The molecule has 0 aliphatic rings. The number of hydrogen-bond donors (Lipinski definition) is 1. The summed E-state index contributed by atoms with van der Waals surface area (Å²) in [4.78, 5) is 18.3. The summed E-state index contributed by atoms with van der Waals surface area (Å²) < 4.78 is 28.2. The van der Waals surface area contributed by atoms with Crippen molar-refractivity contribution in [2.45, 2.75) is 6.54 Å². The van der Waals surface area contributed by atoms with Crippen molar-refractivity contribution in [1.29, 1.82) is 0 Å². The summed E-state index contributed by atoms with van der Waals surface area (Å²) in [5, 5.41) is 0. The monoisotopic (exact) mass is 261 g/mol. The number of benzene rings is 1. The lowest BCUT2D eigenvalue weighted by Gasteiger charge is -2.03. The maximum absolute atomic E-state index is 13.8. The Labute approximate surface area is 106 Å². The molecule has 0 fully saturated rings. The Hall–Kier alpha value is -2.50. The Kier molecular flexibility index (Phi) is 2.63. The third-order valence-electron chi connectivity index (χ3n) is 2.87. The van der Waals surface area contributed by atoms with Crippen molar-refractivity contribution in [2.24, 2.45) is 0 Å². The van der Waals surface area contributed by atoms with Crippen molar-refractivity contribution < 1.29 is 8.78 Å². The molecule has 19 heavy (non-hydrogen) atoms. The van der Waals surface area contributed by atoms with Crippen LogP contribution in [-0.2, 0) is 6.54 Å². The topological polar surface area (TPSA) is 50.7 Å². The molecular weight excluding hydrogens is 252 g/mol. The van der Waals surface area contributed by atoms with E-state index in [-0.39, 0.29) is 17.6 Å². The highest BCUT2D eigenvalue weighted by atomic mass is 19.2. The van der Waals surface area contributed by atoms with Crippen LogP contribution in [0.15, 0.2) is 41.3 Å². The summed E-state index contributed by atoms with van der Waals surface area (Å²) in [7, 11) is 0. The lowest BCUT2D eigenvalue weighted by molar-refractivity contribution is 0.511. The zero-order valence-corrected chi connectivity index (χ0v) is 9.73. The Morgan fingerprint density at radius 2 is 2.05 bits per heavy atom. The van der Waals surface area contributed by atoms with Gasteiger partial charge in [0, 0.05) is 6.20 Å². The van der Waals surface area contributed by atoms with Crippen LogP contribution in [0.25, 0.3) is 11.0 Å². The molecule has 4 nitrogen and oxygen atoms in total. The molecule has 2 heterocycles. The van der Waals surface area contributed by atoms with Gasteiger partial charge >= 0.3 is 5.69 Å². The van der Waals surface area contributed by atoms with Crippen molar-refractivity contribution in [3.05, 3.63) is 64.3 Å². The third-order valence-corrected chi connectivity index (χ3v) is 2.87. The highest BCUT2D eigenvalue weighted by Gasteiger charge is 2.15. The van der Waals surface area contributed by atoms with E-state index in [1.165, 1.54) is 6.07 Å². The van der Waals surface area contributed by atoms with Gasteiger partial charge in [-0.2, -0.15) is 0 Å². The molecule has 3 rings (SSSR count). The Morgan fingerprint density at radius 3 is 2.79 bits per heavy atom. The van der Waals surface area contributed by atoms with E-state index in [1.54, 1.807) is 24.4 Å². The molecule has 0 aliphatic heterocycles. The van der Waals surface area contributed by atoms with Gasteiger partial charge in [-0.15, -0.1) is 0 Å². The first-order chi connectivity index (χ1) is 9.16. The summed E-state index contributed by atoms with van der Waals surface area (Å²) >= 11 is 0. The van der Waals surface area contributed by atoms with E-state index >= 15 is 0 Å². The van der Waals surface area contributed by atoms with Gasteiger partial charge in [-0.1, -0.05) is 6.07 Å². The average molecular weight is 261 g/mol. The largest absolute Gasteiger partial charge is 0.326 e. The van der Waals surface area contributed by atoms with Crippen molar-refractivity contribution in [3.8, 4) is 0 Å². The fourth-order valence-electron chi connectivity index (χ4n) is 1.99. The molecule has 0 unspecified atom stereocenters. The van der Waals surface area contributed by atoms with E-state index in [9.17, 15) is 13.6 Å². The number of hydrogen-bond acceptors (Lipinski definition) is 2. The highest BCUT2D eigenvalue weighted by Crippen LogP contribution is 2.18. The summed E-state index contributed by atoms with van der Waals surface area (Å²) in [5.74, 6) is -2.02. The van der Waals surface area contributed by atoms with Gasteiger partial charge in [0.15, 0.2) is 11.6 Å². The smallest absolute Gasteiger partial charge is 0.305 e. The lowest BCUT2D eigenvalue weighted by Crippen LogP contribution is -2.18. The average Bonchev–Trinajstić information content (AvgIpc) is 2.73. The fraction of sp³-hybridized carbons (Fsp3) is 0.0769. The fourth-order valence-corrected chi connectivity index (χ4v) is 1.99. The Bertz CT molecular complexity index is 793. The molecule has 0 saturated carbocycles. The second kappa shape index (κ2) is 4.31. The molecule has 2 aromatic heterocycles. The van der Waals surface area contributed by atoms with E-state index in [2.05, 4.69) is 9.97 Å². The molecule has 96 valence electrons. The summed E-state index contributed by atoms with van der Waals surface area (Å²) in [6.07, 6.45) is 1.58. The maximum atomic E-state index is 13.8. The van der Waals surface area contributed by atoms with Gasteiger partial charge in [-0.05, 0) is 24.3 Å². The molecule has 0 saturated heterocycles. The van der Waals surface area contributed by atoms with Gasteiger partial charge in [-0.25, -0.2) is 13.6 Å². The van der Waals surface area contributed by atoms with E-state index in [0.717, 1.165) is 10.6 Å². The number of nitrogens with zero attached hydrogens (tertiary/aromatic N) is 2. The molecule has 0 atom stereocenters. The minimum absolute atomic E-state index is 0.0735. The van der Waals surface area contributed by atoms with E-state index < -0.39 is 17.3 Å². The lowest BCUT2D eigenvalue weighted by atomic mass is 10.3. The molecule has 1 aromatic carbocycles. The molecule has 6 heteroatoms. The van der Waals surface area contributed by atoms with Crippen LogP contribution in [0.5, 0.6) is 0 Å². The van der Waals surface area contributed by atoms with Crippen molar-refractivity contribution in [3.63, 3.8) is 0 Å². The molecule has 0 bridgehead atoms.